The van der Waals surface area contributed by atoms with E-state index in [9.17, 15) is 10.1 Å². The predicted molar refractivity (Wildman–Crippen MR) is 155 cm³/mol. The van der Waals surface area contributed by atoms with Gasteiger partial charge in [0, 0.05) is 11.6 Å². The van der Waals surface area contributed by atoms with Gasteiger partial charge in [-0.05, 0) is 59.0 Å². The van der Waals surface area contributed by atoms with Gasteiger partial charge in [0.25, 0.3) is 0 Å². The predicted octanol–water partition coefficient (Wildman–Crippen LogP) is 6.98. The van der Waals surface area contributed by atoms with E-state index in [0.29, 0.717) is 28.6 Å². The monoisotopic (exact) mass is 546 g/mol. The van der Waals surface area contributed by atoms with Crippen LogP contribution in [-0.4, -0.2) is 12.6 Å². The molecule has 0 radical (unpaired) electrons. The summed E-state index contributed by atoms with van der Waals surface area (Å²) in [6, 6.07) is 31.8. The number of fused-ring (bicyclic) bond motifs is 1. The molecule has 1 unspecified atom stereocenters. The Bertz CT molecular complexity index is 1630. The zero-order valence-electron chi connectivity index (χ0n) is 23.1. The topological polar surface area (TPSA) is 104 Å². The summed E-state index contributed by atoms with van der Waals surface area (Å²) in [6.07, 6.45) is 0. The van der Waals surface area contributed by atoms with Crippen LogP contribution in [0, 0.1) is 11.3 Å². The second-order valence-electron chi connectivity index (χ2n) is 10.6. The first-order valence-electron chi connectivity index (χ1n) is 13.2. The lowest BCUT2D eigenvalue weighted by Gasteiger charge is -2.27. The minimum Gasteiger partial charge on any atom is -0.482 e. The maximum Gasteiger partial charge on any atom is 0.349 e. The van der Waals surface area contributed by atoms with Gasteiger partial charge in [-0.15, -0.1) is 0 Å². The largest absolute Gasteiger partial charge is 0.482 e. The summed E-state index contributed by atoms with van der Waals surface area (Å²) in [5.41, 5.74) is 9.16. The third kappa shape index (κ3) is 6.34. The van der Waals surface area contributed by atoms with Crippen molar-refractivity contribution in [3.05, 3.63) is 125 Å². The molecule has 0 fully saturated rings. The average molecular weight is 547 g/mol. The maximum atomic E-state index is 12.5. The van der Waals surface area contributed by atoms with Crippen molar-refractivity contribution < 1.29 is 23.7 Å². The highest BCUT2D eigenvalue weighted by molar-refractivity contribution is 5.74. The molecule has 0 bridgehead atoms. The zero-order chi connectivity index (χ0) is 29.0. The van der Waals surface area contributed by atoms with E-state index in [-0.39, 0.29) is 29.2 Å². The van der Waals surface area contributed by atoms with Crippen molar-refractivity contribution in [2.75, 3.05) is 6.61 Å². The van der Waals surface area contributed by atoms with Crippen LogP contribution in [0.25, 0.3) is 0 Å². The minimum absolute atomic E-state index is 0.00936. The third-order valence-corrected chi connectivity index (χ3v) is 6.67. The van der Waals surface area contributed by atoms with Crippen molar-refractivity contribution in [1.82, 2.24) is 0 Å². The number of rotatable bonds is 7. The average Bonchev–Trinajstić information content (AvgIpc) is 2.96. The van der Waals surface area contributed by atoms with E-state index < -0.39 is 11.9 Å². The molecule has 0 aromatic heterocycles. The van der Waals surface area contributed by atoms with Crippen LogP contribution >= 0.6 is 0 Å². The molecule has 7 nitrogen and oxygen atoms in total. The molecule has 5 rings (SSSR count). The summed E-state index contributed by atoms with van der Waals surface area (Å²) < 4.78 is 22.9. The summed E-state index contributed by atoms with van der Waals surface area (Å²) in [6.45, 7) is 6.14. The van der Waals surface area contributed by atoms with Crippen LogP contribution in [0.5, 0.6) is 28.7 Å². The van der Waals surface area contributed by atoms with Crippen LogP contribution in [0.15, 0.2) is 109 Å². The number of esters is 1. The van der Waals surface area contributed by atoms with E-state index in [2.05, 4.69) is 26.8 Å². The van der Waals surface area contributed by atoms with Gasteiger partial charge in [0.2, 0.25) is 5.88 Å². The summed E-state index contributed by atoms with van der Waals surface area (Å²) in [5.74, 6) is 1.49. The summed E-state index contributed by atoms with van der Waals surface area (Å²) >= 11 is 0. The molecule has 0 amide bonds. The number of para-hydroxylation sites is 1. The Balaban J connectivity index is 1.32. The van der Waals surface area contributed by atoms with Crippen LogP contribution in [0.2, 0.25) is 0 Å². The number of nitriles is 1. The van der Waals surface area contributed by atoms with Crippen molar-refractivity contribution >= 4 is 5.97 Å². The first-order valence-corrected chi connectivity index (χ1v) is 13.2. The third-order valence-electron chi connectivity index (χ3n) is 6.67. The van der Waals surface area contributed by atoms with E-state index in [0.717, 1.165) is 5.56 Å². The summed E-state index contributed by atoms with van der Waals surface area (Å²) in [5, 5.41) is 9.92. The molecule has 0 saturated heterocycles. The molecule has 4 aromatic rings. The molecular formula is C34H30N2O5. The molecular weight excluding hydrogens is 516 g/mol. The van der Waals surface area contributed by atoms with Gasteiger partial charge >= 0.3 is 5.97 Å². The van der Waals surface area contributed by atoms with Gasteiger partial charge in [-0.3, -0.25) is 0 Å². The fourth-order valence-electron chi connectivity index (χ4n) is 4.58. The second-order valence-corrected chi connectivity index (χ2v) is 10.6. The van der Waals surface area contributed by atoms with E-state index >= 15 is 0 Å². The smallest absolute Gasteiger partial charge is 0.349 e. The SMILES string of the molecule is CC(C)(C)c1ccc(OCC(=O)Oc2ccc3c(c2)OC(N)=C(C#N)C3c2cccc(Oc3ccccc3)c2)cc1. The maximum absolute atomic E-state index is 12.5. The van der Waals surface area contributed by atoms with Gasteiger partial charge in [-0.2, -0.15) is 5.26 Å². The van der Waals surface area contributed by atoms with Crippen LogP contribution in [0.3, 0.4) is 0 Å². The molecule has 4 aromatic carbocycles. The Kier molecular flexibility index (Phi) is 7.66. The Morgan fingerprint density at radius 3 is 2.29 bits per heavy atom. The Labute approximate surface area is 239 Å². The van der Waals surface area contributed by atoms with Crippen molar-refractivity contribution in [3.8, 4) is 34.8 Å². The number of hydrogen-bond acceptors (Lipinski definition) is 7. The van der Waals surface area contributed by atoms with Gasteiger partial charge in [0.05, 0.1) is 5.92 Å². The Morgan fingerprint density at radius 2 is 1.59 bits per heavy atom. The summed E-state index contributed by atoms with van der Waals surface area (Å²) in [4.78, 5) is 12.5. The Hall–Kier alpha value is -5.22. The lowest BCUT2D eigenvalue weighted by Crippen LogP contribution is -2.21. The highest BCUT2D eigenvalue weighted by atomic mass is 16.6. The van der Waals surface area contributed by atoms with Gasteiger partial charge in [0.1, 0.15) is 40.4 Å². The molecule has 0 saturated carbocycles. The number of nitrogens with two attached hydrogens (primary N) is 1. The highest BCUT2D eigenvalue weighted by Crippen LogP contribution is 2.44. The lowest BCUT2D eigenvalue weighted by atomic mass is 9.83. The van der Waals surface area contributed by atoms with E-state index in [1.807, 2.05) is 78.9 Å². The molecule has 1 atom stereocenters. The molecule has 1 aliphatic rings. The number of benzene rings is 4. The van der Waals surface area contributed by atoms with Crippen LogP contribution in [-0.2, 0) is 10.2 Å². The quantitative estimate of drug-likeness (QED) is 0.197. The minimum atomic E-state index is -0.566. The van der Waals surface area contributed by atoms with Crippen LogP contribution < -0.4 is 24.7 Å². The van der Waals surface area contributed by atoms with E-state index in [1.165, 1.54) is 5.56 Å². The second kappa shape index (κ2) is 11.5. The van der Waals surface area contributed by atoms with Gasteiger partial charge in [0.15, 0.2) is 6.61 Å². The molecule has 206 valence electrons. The standard InChI is InChI=1S/C34H30N2O5/c1-34(2,3)23-12-14-24(15-13-23)38-21-31(37)40-27-16-17-28-30(19-27)41-33(36)29(20-35)32(28)22-8-7-11-26(18-22)39-25-9-5-4-6-10-25/h4-19,32H,21,36H2,1-3H3. The molecule has 1 aliphatic heterocycles. The van der Waals surface area contributed by atoms with Crippen LogP contribution in [0.4, 0.5) is 0 Å². The van der Waals surface area contributed by atoms with Gasteiger partial charge < -0.3 is 24.7 Å². The Morgan fingerprint density at radius 1 is 0.878 bits per heavy atom. The molecule has 0 spiro atoms. The first-order chi connectivity index (χ1) is 19.7. The number of carbonyl (C=O) groups is 1. The number of hydrogen-bond donors (Lipinski definition) is 1. The lowest BCUT2D eigenvalue weighted by molar-refractivity contribution is -0.136. The number of carbonyl (C=O) groups excluding carboxylic acids is 1. The highest BCUT2D eigenvalue weighted by Gasteiger charge is 2.31. The number of ether oxygens (including phenoxy) is 4. The first kappa shape index (κ1) is 27.4. The fraction of sp³-hybridized carbons (Fsp3) is 0.176. The number of nitrogens with zero attached hydrogens (tertiary/aromatic N) is 1. The van der Waals surface area contributed by atoms with E-state index in [1.54, 1.807) is 18.2 Å². The van der Waals surface area contributed by atoms with Crippen molar-refractivity contribution in [2.24, 2.45) is 5.73 Å². The van der Waals surface area contributed by atoms with E-state index in [4.69, 9.17) is 24.7 Å². The zero-order valence-corrected chi connectivity index (χ0v) is 23.1. The van der Waals surface area contributed by atoms with Crippen molar-refractivity contribution in [1.29, 1.82) is 5.26 Å². The summed E-state index contributed by atoms with van der Waals surface area (Å²) in [7, 11) is 0. The molecule has 7 heteroatoms. The van der Waals surface area contributed by atoms with Crippen LogP contribution in [0.1, 0.15) is 43.4 Å². The van der Waals surface area contributed by atoms with Gasteiger partial charge in [-0.1, -0.05) is 69.3 Å². The fourth-order valence-corrected chi connectivity index (χ4v) is 4.58. The molecule has 0 aliphatic carbocycles. The number of allylic oxidation sites excluding steroid dienone is 1. The van der Waals surface area contributed by atoms with Crippen molar-refractivity contribution in [2.45, 2.75) is 32.1 Å². The molecule has 41 heavy (non-hydrogen) atoms. The normalized spacial score (nSPS) is 14.3. The van der Waals surface area contributed by atoms with Crippen molar-refractivity contribution in [3.63, 3.8) is 0 Å². The molecule has 1 heterocycles. The molecule has 2 N–H and O–H groups in total. The van der Waals surface area contributed by atoms with Gasteiger partial charge in [-0.25, -0.2) is 4.79 Å².